The molecule has 0 spiro atoms. The molecular weight excluding hydrogens is 376 g/mol. The first kappa shape index (κ1) is 17.8. The molecular formula is C29H22N2. The minimum Gasteiger partial charge on any atom is -0.357 e. The van der Waals surface area contributed by atoms with Crippen molar-refractivity contribution in [3.05, 3.63) is 121 Å². The van der Waals surface area contributed by atoms with E-state index in [0.717, 1.165) is 6.42 Å². The van der Waals surface area contributed by atoms with E-state index < -0.39 is 0 Å². The molecule has 0 saturated heterocycles. The number of benzene rings is 4. The Morgan fingerprint density at radius 1 is 0.387 bits per heavy atom. The van der Waals surface area contributed by atoms with Crippen molar-refractivity contribution < 1.29 is 0 Å². The van der Waals surface area contributed by atoms with Crippen LogP contribution in [-0.2, 0) is 6.42 Å². The third kappa shape index (κ3) is 3.04. The number of hydrogen-bond donors (Lipinski definition) is 2. The van der Waals surface area contributed by atoms with E-state index in [4.69, 9.17) is 0 Å². The lowest BCUT2D eigenvalue weighted by Crippen LogP contribution is -1.91. The number of rotatable bonds is 4. The molecule has 0 fully saturated rings. The van der Waals surface area contributed by atoms with Gasteiger partial charge in [-0.1, -0.05) is 109 Å². The lowest BCUT2D eigenvalue weighted by atomic mass is 10.0. The molecule has 0 bridgehead atoms. The lowest BCUT2D eigenvalue weighted by Gasteiger charge is -2.01. The van der Waals surface area contributed by atoms with E-state index >= 15 is 0 Å². The van der Waals surface area contributed by atoms with Crippen molar-refractivity contribution in [2.75, 3.05) is 0 Å². The second-order valence-electron chi connectivity index (χ2n) is 7.96. The van der Waals surface area contributed by atoms with Crippen molar-refractivity contribution in [2.45, 2.75) is 6.42 Å². The number of fused-ring (bicyclic) bond motifs is 2. The largest absolute Gasteiger partial charge is 0.357 e. The molecule has 2 heteroatoms. The van der Waals surface area contributed by atoms with Gasteiger partial charge in [-0.25, -0.2) is 0 Å². The van der Waals surface area contributed by atoms with Gasteiger partial charge in [0.1, 0.15) is 0 Å². The topological polar surface area (TPSA) is 31.6 Å². The first-order valence-electron chi connectivity index (χ1n) is 10.7. The smallest absolute Gasteiger partial charge is 0.0536 e. The Balaban J connectivity index is 1.51. The zero-order chi connectivity index (χ0) is 20.6. The number of aromatic amines is 2. The lowest BCUT2D eigenvalue weighted by molar-refractivity contribution is 1.08. The normalized spacial score (nSPS) is 11.4. The molecule has 6 rings (SSSR count). The van der Waals surface area contributed by atoms with E-state index in [1.165, 1.54) is 55.4 Å². The molecule has 0 atom stereocenters. The maximum Gasteiger partial charge on any atom is 0.0536 e. The van der Waals surface area contributed by atoms with Gasteiger partial charge in [-0.3, -0.25) is 0 Å². The molecule has 0 unspecified atom stereocenters. The van der Waals surface area contributed by atoms with E-state index in [1.54, 1.807) is 0 Å². The first-order chi connectivity index (χ1) is 15.4. The summed E-state index contributed by atoms with van der Waals surface area (Å²) in [5.41, 5.74) is 7.27. The molecule has 0 amide bonds. The van der Waals surface area contributed by atoms with Crippen LogP contribution >= 0.6 is 0 Å². The quantitative estimate of drug-likeness (QED) is 0.307. The zero-order valence-corrected chi connectivity index (χ0v) is 17.1. The predicted octanol–water partition coefficient (Wildman–Crippen LogP) is 7.57. The Hall–Kier alpha value is -4.04. The average molecular weight is 399 g/mol. The van der Waals surface area contributed by atoms with Gasteiger partial charge in [0.05, 0.1) is 11.4 Å². The van der Waals surface area contributed by atoms with E-state index in [-0.39, 0.29) is 0 Å². The van der Waals surface area contributed by atoms with E-state index in [9.17, 15) is 0 Å². The fraction of sp³-hybridized carbons (Fsp3) is 0.0345. The Morgan fingerprint density at radius 2 is 0.742 bits per heavy atom. The second kappa shape index (κ2) is 7.33. The van der Waals surface area contributed by atoms with Crippen LogP contribution in [0.1, 0.15) is 11.4 Å². The van der Waals surface area contributed by atoms with Crippen LogP contribution in [0.3, 0.4) is 0 Å². The highest BCUT2D eigenvalue weighted by Gasteiger charge is 2.16. The summed E-state index contributed by atoms with van der Waals surface area (Å²) in [6.07, 6.45) is 0.820. The maximum absolute atomic E-state index is 3.75. The van der Waals surface area contributed by atoms with Crippen molar-refractivity contribution in [1.82, 2.24) is 9.97 Å². The monoisotopic (exact) mass is 398 g/mol. The summed E-state index contributed by atoms with van der Waals surface area (Å²) in [4.78, 5) is 7.50. The summed E-state index contributed by atoms with van der Waals surface area (Å²) in [5, 5.41) is 5.09. The van der Waals surface area contributed by atoms with Crippen molar-refractivity contribution in [3.8, 4) is 22.5 Å². The van der Waals surface area contributed by atoms with Gasteiger partial charge in [-0.15, -0.1) is 0 Å². The number of nitrogens with one attached hydrogen (secondary N) is 2. The molecule has 2 N–H and O–H groups in total. The number of H-pyrrole nitrogens is 2. The number of hydrogen-bond acceptors (Lipinski definition) is 0. The molecule has 2 aromatic heterocycles. The molecule has 2 nitrogen and oxygen atoms in total. The van der Waals surface area contributed by atoms with Crippen LogP contribution in [0.5, 0.6) is 0 Å². The van der Waals surface area contributed by atoms with Crippen LogP contribution in [0.15, 0.2) is 109 Å². The van der Waals surface area contributed by atoms with Crippen LogP contribution in [0.4, 0.5) is 0 Å². The summed E-state index contributed by atoms with van der Waals surface area (Å²) in [7, 11) is 0. The minimum absolute atomic E-state index is 0.820. The third-order valence-electron chi connectivity index (χ3n) is 6.07. The molecule has 2 heterocycles. The van der Waals surface area contributed by atoms with Gasteiger partial charge >= 0.3 is 0 Å². The SMILES string of the molecule is c1ccc(-c2[nH]c(Cc3[nH]c(-c4ccccc4)c4ccccc34)c3ccccc23)cc1. The van der Waals surface area contributed by atoms with Crippen molar-refractivity contribution in [1.29, 1.82) is 0 Å². The molecule has 4 aromatic carbocycles. The molecule has 6 aromatic rings. The van der Waals surface area contributed by atoms with Gasteiger partial charge in [0.2, 0.25) is 0 Å². The van der Waals surface area contributed by atoms with E-state index in [1.807, 2.05) is 0 Å². The average Bonchev–Trinajstić information content (AvgIpc) is 3.40. The van der Waals surface area contributed by atoms with Gasteiger partial charge < -0.3 is 9.97 Å². The highest BCUT2D eigenvalue weighted by Crippen LogP contribution is 2.35. The van der Waals surface area contributed by atoms with Crippen molar-refractivity contribution in [3.63, 3.8) is 0 Å². The summed E-state index contributed by atoms with van der Waals surface area (Å²) >= 11 is 0. The summed E-state index contributed by atoms with van der Waals surface area (Å²) in [6, 6.07) is 38.5. The maximum atomic E-state index is 3.75. The number of aromatic nitrogens is 2. The summed E-state index contributed by atoms with van der Waals surface area (Å²) in [5.74, 6) is 0. The van der Waals surface area contributed by atoms with Gasteiger partial charge in [0.25, 0.3) is 0 Å². The van der Waals surface area contributed by atoms with Crippen molar-refractivity contribution in [2.24, 2.45) is 0 Å². The third-order valence-corrected chi connectivity index (χ3v) is 6.07. The van der Waals surface area contributed by atoms with E-state index in [2.05, 4.69) is 119 Å². The Bertz CT molecular complexity index is 1370. The summed E-state index contributed by atoms with van der Waals surface area (Å²) in [6.45, 7) is 0. The van der Waals surface area contributed by atoms with Crippen LogP contribution in [0.25, 0.3) is 44.1 Å². The van der Waals surface area contributed by atoms with Gasteiger partial charge in [0.15, 0.2) is 0 Å². The minimum atomic E-state index is 0.820. The molecule has 31 heavy (non-hydrogen) atoms. The highest BCUT2D eigenvalue weighted by atomic mass is 14.8. The Labute approximate surface area is 181 Å². The van der Waals surface area contributed by atoms with Crippen molar-refractivity contribution >= 4 is 21.5 Å². The van der Waals surface area contributed by atoms with Gasteiger partial charge in [-0.2, -0.15) is 0 Å². The first-order valence-corrected chi connectivity index (χ1v) is 10.7. The molecule has 148 valence electrons. The fourth-order valence-electron chi connectivity index (χ4n) is 4.62. The molecule has 0 aliphatic carbocycles. The Kier molecular flexibility index (Phi) is 4.21. The van der Waals surface area contributed by atoms with Gasteiger partial charge in [0, 0.05) is 39.4 Å². The molecule has 0 radical (unpaired) electrons. The van der Waals surface area contributed by atoms with Crippen LogP contribution in [0, 0.1) is 0 Å². The van der Waals surface area contributed by atoms with E-state index in [0.29, 0.717) is 0 Å². The fourth-order valence-corrected chi connectivity index (χ4v) is 4.62. The molecule has 0 saturated carbocycles. The Morgan fingerprint density at radius 3 is 1.16 bits per heavy atom. The predicted molar refractivity (Wildman–Crippen MR) is 130 cm³/mol. The highest BCUT2D eigenvalue weighted by molar-refractivity contribution is 6.00. The standard InChI is InChI=1S/C29H22N2/c1-3-11-20(12-4-1)28-24-17-9-7-15-22(24)26(30-28)19-27-23-16-8-10-18-25(23)29(31-27)21-13-5-2-6-14-21/h1-18,30-31H,19H2. The molecule has 0 aliphatic heterocycles. The van der Waals surface area contributed by atoms with Crippen LogP contribution in [-0.4, -0.2) is 9.97 Å². The zero-order valence-electron chi connectivity index (χ0n) is 17.1. The van der Waals surface area contributed by atoms with Crippen LogP contribution in [0.2, 0.25) is 0 Å². The second-order valence-corrected chi connectivity index (χ2v) is 7.96. The van der Waals surface area contributed by atoms with Gasteiger partial charge in [-0.05, 0) is 11.1 Å². The van der Waals surface area contributed by atoms with Crippen LogP contribution < -0.4 is 0 Å². The summed E-state index contributed by atoms with van der Waals surface area (Å²) < 4.78 is 0. The molecule has 0 aliphatic rings.